The number of amides is 1. The lowest BCUT2D eigenvalue weighted by Crippen LogP contribution is -2.39. The smallest absolute Gasteiger partial charge is 0.261 e. The molecule has 1 aliphatic heterocycles. The van der Waals surface area contributed by atoms with Crippen molar-refractivity contribution >= 4 is 5.91 Å². The van der Waals surface area contributed by atoms with Gasteiger partial charge in [-0.15, -0.1) is 0 Å². The highest BCUT2D eigenvalue weighted by molar-refractivity contribution is 5.81. The van der Waals surface area contributed by atoms with E-state index in [9.17, 15) is 4.79 Å². The van der Waals surface area contributed by atoms with Crippen molar-refractivity contribution in [3.05, 3.63) is 101 Å². The van der Waals surface area contributed by atoms with Gasteiger partial charge in [-0.1, -0.05) is 73.2 Å². The molecule has 0 unspecified atom stereocenters. The summed E-state index contributed by atoms with van der Waals surface area (Å²) in [4.78, 5) is 15.3. The highest BCUT2D eigenvalue weighted by atomic mass is 16.5. The Morgan fingerprint density at radius 3 is 2.63 bits per heavy atom. The third-order valence-electron chi connectivity index (χ3n) is 7.23. The summed E-state index contributed by atoms with van der Waals surface area (Å²) in [6.45, 7) is 6.83. The van der Waals surface area contributed by atoms with Crippen molar-refractivity contribution in [2.24, 2.45) is 5.92 Å². The Morgan fingerprint density at radius 2 is 1.89 bits per heavy atom. The topological polar surface area (TPSA) is 41.6 Å². The van der Waals surface area contributed by atoms with Gasteiger partial charge in [0.15, 0.2) is 6.10 Å². The number of nitrogens with one attached hydrogen (secondary N) is 1. The fourth-order valence-corrected chi connectivity index (χ4v) is 5.13. The molecule has 2 aliphatic rings. The number of nitrogens with zero attached hydrogens (tertiary/aromatic N) is 1. The largest absolute Gasteiger partial charge is 0.481 e. The van der Waals surface area contributed by atoms with Gasteiger partial charge in [0.25, 0.3) is 5.91 Å². The van der Waals surface area contributed by atoms with E-state index in [1.165, 1.54) is 40.7 Å². The minimum atomic E-state index is -0.464. The molecule has 4 heteroatoms. The molecule has 3 aromatic rings. The zero-order chi connectivity index (χ0) is 24.2. The molecule has 0 saturated heterocycles. The summed E-state index contributed by atoms with van der Waals surface area (Å²) in [5, 5.41) is 3.08. The standard InChI is InChI=1S/C31H36N2O2/c1-3-29(31(34)32-20-23-12-13-23)35-27-15-14-25-16-17-33(21-24-9-7-8-22(2)18-24)30(28(25)19-27)26-10-5-4-6-11-26/h4-11,14-15,18-19,23,29-30H,3,12-13,16-17,20-21H2,1-2H3,(H,32,34)/t29-,30-/m0/s1. The van der Waals surface area contributed by atoms with Gasteiger partial charge in [-0.05, 0) is 72.9 Å². The monoisotopic (exact) mass is 468 g/mol. The Morgan fingerprint density at radius 1 is 1.06 bits per heavy atom. The second-order valence-corrected chi connectivity index (χ2v) is 10.1. The first-order valence-electron chi connectivity index (χ1n) is 13.0. The van der Waals surface area contributed by atoms with E-state index in [2.05, 4.69) is 83.9 Å². The van der Waals surface area contributed by atoms with Gasteiger partial charge < -0.3 is 10.1 Å². The van der Waals surface area contributed by atoms with Gasteiger partial charge >= 0.3 is 0 Å². The van der Waals surface area contributed by atoms with E-state index in [0.29, 0.717) is 12.3 Å². The Labute approximate surface area is 209 Å². The second-order valence-electron chi connectivity index (χ2n) is 10.1. The summed E-state index contributed by atoms with van der Waals surface area (Å²) < 4.78 is 6.27. The van der Waals surface area contributed by atoms with Crippen molar-refractivity contribution in [3.8, 4) is 5.75 Å². The molecule has 182 valence electrons. The van der Waals surface area contributed by atoms with E-state index in [4.69, 9.17) is 4.74 Å². The third kappa shape index (κ3) is 5.76. The number of ether oxygens (including phenoxy) is 1. The Kier molecular flexibility index (Phi) is 7.19. The van der Waals surface area contributed by atoms with Crippen LogP contribution in [0.15, 0.2) is 72.8 Å². The van der Waals surface area contributed by atoms with E-state index in [1.807, 2.05) is 13.0 Å². The highest BCUT2D eigenvalue weighted by Gasteiger charge is 2.30. The van der Waals surface area contributed by atoms with Crippen LogP contribution in [0.4, 0.5) is 0 Å². The molecule has 1 amide bonds. The molecule has 35 heavy (non-hydrogen) atoms. The predicted octanol–water partition coefficient (Wildman–Crippen LogP) is 5.83. The normalized spacial score (nSPS) is 18.5. The number of rotatable bonds is 9. The van der Waals surface area contributed by atoms with Crippen molar-refractivity contribution in [2.45, 2.75) is 58.2 Å². The predicted molar refractivity (Wildman–Crippen MR) is 140 cm³/mol. The summed E-state index contributed by atoms with van der Waals surface area (Å²) in [5.74, 6) is 1.43. The molecule has 2 atom stereocenters. The first-order valence-corrected chi connectivity index (χ1v) is 13.0. The first kappa shape index (κ1) is 23.6. The average molecular weight is 469 g/mol. The Hall–Kier alpha value is -3.11. The van der Waals surface area contributed by atoms with Crippen LogP contribution in [0, 0.1) is 12.8 Å². The maximum Gasteiger partial charge on any atom is 0.261 e. The lowest BCUT2D eigenvalue weighted by molar-refractivity contribution is -0.128. The van der Waals surface area contributed by atoms with Gasteiger partial charge in [-0.2, -0.15) is 0 Å². The van der Waals surface area contributed by atoms with Crippen LogP contribution < -0.4 is 10.1 Å². The SMILES string of the molecule is CC[C@H](Oc1ccc2c(c1)[C@H](c1ccccc1)N(Cc1cccc(C)c1)CC2)C(=O)NCC1CC1. The van der Waals surface area contributed by atoms with Crippen LogP contribution in [0.25, 0.3) is 0 Å². The maximum absolute atomic E-state index is 12.7. The summed E-state index contributed by atoms with van der Waals surface area (Å²) in [6.07, 6.45) is 3.64. The molecule has 1 aliphatic carbocycles. The summed E-state index contributed by atoms with van der Waals surface area (Å²) in [7, 11) is 0. The van der Waals surface area contributed by atoms with Gasteiger partial charge in [0.2, 0.25) is 0 Å². The van der Waals surface area contributed by atoms with Crippen molar-refractivity contribution in [1.29, 1.82) is 0 Å². The molecule has 5 rings (SSSR count). The number of fused-ring (bicyclic) bond motifs is 1. The molecule has 1 saturated carbocycles. The molecule has 0 spiro atoms. The average Bonchev–Trinajstić information content (AvgIpc) is 3.71. The zero-order valence-electron chi connectivity index (χ0n) is 20.9. The van der Waals surface area contributed by atoms with Crippen molar-refractivity contribution in [3.63, 3.8) is 0 Å². The fraction of sp³-hybridized carbons (Fsp3) is 0.387. The Balaban J connectivity index is 1.41. The molecule has 1 fully saturated rings. The molecular formula is C31H36N2O2. The fourth-order valence-electron chi connectivity index (χ4n) is 5.13. The van der Waals surface area contributed by atoms with Crippen LogP contribution >= 0.6 is 0 Å². The first-order chi connectivity index (χ1) is 17.1. The van der Waals surface area contributed by atoms with Crippen LogP contribution in [-0.4, -0.2) is 30.0 Å². The molecule has 0 aromatic heterocycles. The lowest BCUT2D eigenvalue weighted by Gasteiger charge is -2.38. The maximum atomic E-state index is 12.7. The van der Waals surface area contributed by atoms with E-state index in [1.54, 1.807) is 0 Å². The third-order valence-corrected chi connectivity index (χ3v) is 7.23. The van der Waals surface area contributed by atoms with E-state index in [-0.39, 0.29) is 11.9 Å². The van der Waals surface area contributed by atoms with E-state index in [0.717, 1.165) is 31.8 Å². The quantitative estimate of drug-likeness (QED) is 0.430. The molecule has 4 nitrogen and oxygen atoms in total. The molecule has 3 aromatic carbocycles. The van der Waals surface area contributed by atoms with Crippen LogP contribution in [0.3, 0.4) is 0 Å². The summed E-state index contributed by atoms with van der Waals surface area (Å²) in [5.41, 5.74) is 6.55. The number of hydrogen-bond donors (Lipinski definition) is 1. The lowest BCUT2D eigenvalue weighted by atomic mass is 9.87. The van der Waals surface area contributed by atoms with Gasteiger partial charge in [0.1, 0.15) is 5.75 Å². The number of carbonyl (C=O) groups excluding carboxylic acids is 1. The molecule has 0 bridgehead atoms. The molecular weight excluding hydrogens is 432 g/mol. The van der Waals surface area contributed by atoms with Crippen molar-refractivity contribution in [1.82, 2.24) is 10.2 Å². The summed E-state index contributed by atoms with van der Waals surface area (Å²) in [6, 6.07) is 26.1. The molecule has 0 radical (unpaired) electrons. The molecule has 1 heterocycles. The highest BCUT2D eigenvalue weighted by Crippen LogP contribution is 2.38. The van der Waals surface area contributed by atoms with Crippen molar-refractivity contribution < 1.29 is 9.53 Å². The van der Waals surface area contributed by atoms with Gasteiger partial charge in [-0.25, -0.2) is 0 Å². The zero-order valence-corrected chi connectivity index (χ0v) is 20.9. The van der Waals surface area contributed by atoms with Gasteiger partial charge in [0.05, 0.1) is 6.04 Å². The number of benzene rings is 3. The van der Waals surface area contributed by atoms with E-state index >= 15 is 0 Å². The van der Waals surface area contributed by atoms with Gasteiger partial charge in [0, 0.05) is 19.6 Å². The van der Waals surface area contributed by atoms with Crippen molar-refractivity contribution in [2.75, 3.05) is 13.1 Å². The second kappa shape index (κ2) is 10.7. The van der Waals surface area contributed by atoms with Gasteiger partial charge in [-0.3, -0.25) is 9.69 Å². The van der Waals surface area contributed by atoms with Crippen LogP contribution in [-0.2, 0) is 17.8 Å². The minimum Gasteiger partial charge on any atom is -0.481 e. The van der Waals surface area contributed by atoms with Crippen LogP contribution in [0.2, 0.25) is 0 Å². The van der Waals surface area contributed by atoms with E-state index < -0.39 is 6.10 Å². The number of hydrogen-bond acceptors (Lipinski definition) is 3. The van der Waals surface area contributed by atoms with Crippen LogP contribution in [0.5, 0.6) is 5.75 Å². The number of carbonyl (C=O) groups is 1. The Bertz CT molecular complexity index is 1160. The van der Waals surface area contributed by atoms with Crippen LogP contribution in [0.1, 0.15) is 60.0 Å². The minimum absolute atomic E-state index is 0.00203. The number of aryl methyl sites for hydroxylation is 1. The molecule has 1 N–H and O–H groups in total. The summed E-state index contributed by atoms with van der Waals surface area (Å²) >= 11 is 0.